The molecule has 3 aromatic carbocycles. The van der Waals surface area contributed by atoms with Crippen molar-refractivity contribution < 1.29 is 23.8 Å². The van der Waals surface area contributed by atoms with Crippen LogP contribution in [0.4, 0.5) is 0 Å². The Morgan fingerprint density at radius 1 is 0.941 bits per heavy atom. The van der Waals surface area contributed by atoms with Gasteiger partial charge in [0, 0.05) is 17.0 Å². The zero-order valence-electron chi connectivity index (χ0n) is 19.1. The number of Topliss-reactive ketones (excluding diaryl/α,β-unsaturated/α-hetero) is 1. The summed E-state index contributed by atoms with van der Waals surface area (Å²) >= 11 is 0. The predicted molar refractivity (Wildman–Crippen MR) is 129 cm³/mol. The Balaban J connectivity index is 1.27. The largest absolute Gasteiger partial charge is 0.486 e. The van der Waals surface area contributed by atoms with Gasteiger partial charge in [0.05, 0.1) is 12.1 Å². The van der Waals surface area contributed by atoms with E-state index >= 15 is 0 Å². The van der Waals surface area contributed by atoms with Gasteiger partial charge in [-0.2, -0.15) is 0 Å². The Hall–Kier alpha value is -4.06. The number of hydrogen-bond acceptors (Lipinski definition) is 5. The highest BCUT2D eigenvalue weighted by molar-refractivity contribution is 6.06. The molecule has 1 atom stereocenters. The molecule has 5 rings (SSSR count). The minimum atomic E-state index is -0.509. The lowest BCUT2D eigenvalue weighted by Gasteiger charge is -2.27. The zero-order valence-corrected chi connectivity index (χ0v) is 19.1. The summed E-state index contributed by atoms with van der Waals surface area (Å²) < 4.78 is 19.3. The third-order valence-electron chi connectivity index (χ3n) is 6.17. The first kappa shape index (κ1) is 21.8. The molecule has 0 saturated heterocycles. The second-order valence-electron chi connectivity index (χ2n) is 8.42. The fourth-order valence-electron chi connectivity index (χ4n) is 4.41. The Labute approximate surface area is 197 Å². The quantitative estimate of drug-likeness (QED) is 0.298. The van der Waals surface area contributed by atoms with Crippen LogP contribution in [0.2, 0.25) is 0 Å². The maximum Gasteiger partial charge on any atom is 0.339 e. The summed E-state index contributed by atoms with van der Waals surface area (Å²) in [5, 5.41) is 1.75. The van der Waals surface area contributed by atoms with Crippen LogP contribution in [0, 0.1) is 13.8 Å². The van der Waals surface area contributed by atoms with E-state index < -0.39 is 5.97 Å². The van der Waals surface area contributed by atoms with Crippen LogP contribution in [0.15, 0.2) is 72.8 Å². The van der Waals surface area contributed by atoms with Crippen LogP contribution in [0.5, 0.6) is 11.5 Å². The molecule has 0 spiro atoms. The number of rotatable bonds is 6. The topological polar surface area (TPSA) is 66.8 Å². The number of benzene rings is 3. The van der Waals surface area contributed by atoms with Crippen LogP contribution in [0.3, 0.4) is 0 Å². The molecule has 2 heterocycles. The highest BCUT2D eigenvalue weighted by Crippen LogP contribution is 2.31. The number of para-hydroxylation sites is 2. The second-order valence-corrected chi connectivity index (χ2v) is 8.42. The van der Waals surface area contributed by atoms with Gasteiger partial charge in [0.2, 0.25) is 5.78 Å². The molecular formula is C28H25NO5. The van der Waals surface area contributed by atoms with Crippen molar-refractivity contribution in [3.63, 3.8) is 0 Å². The van der Waals surface area contributed by atoms with E-state index in [1.807, 2.05) is 85.1 Å². The van der Waals surface area contributed by atoms with Gasteiger partial charge < -0.3 is 18.8 Å². The van der Waals surface area contributed by atoms with E-state index in [4.69, 9.17) is 14.2 Å². The first-order valence-electron chi connectivity index (χ1n) is 11.2. The van der Waals surface area contributed by atoms with E-state index in [9.17, 15) is 9.59 Å². The number of esters is 1. The van der Waals surface area contributed by atoms with Crippen molar-refractivity contribution >= 4 is 22.5 Å². The number of nitrogens with zero attached hydrogens (tertiary/aromatic N) is 1. The molecule has 0 bridgehead atoms. The molecule has 1 aliphatic heterocycles. The normalized spacial score (nSPS) is 14.7. The van der Waals surface area contributed by atoms with Crippen LogP contribution >= 0.6 is 0 Å². The number of aryl methyl sites for hydroxylation is 1. The standard InChI is InChI=1S/C28H25NO5/c1-18-14-24(19(2)29(18)15-21-16-32-26-12-5-6-13-27(26)34-21)25(30)17-33-28(31)23-11-7-9-20-8-3-4-10-22(20)23/h3-14,21H,15-17H2,1-2H3. The summed E-state index contributed by atoms with van der Waals surface area (Å²) in [4.78, 5) is 25.6. The van der Waals surface area contributed by atoms with Gasteiger partial charge in [-0.3, -0.25) is 4.79 Å². The van der Waals surface area contributed by atoms with E-state index in [-0.39, 0.29) is 18.5 Å². The maximum absolute atomic E-state index is 12.9. The number of fused-ring (bicyclic) bond motifs is 2. The van der Waals surface area contributed by atoms with Crippen LogP contribution < -0.4 is 9.47 Å². The number of ketones is 1. The summed E-state index contributed by atoms with van der Waals surface area (Å²) in [7, 11) is 0. The molecule has 1 aromatic heterocycles. The number of carbonyl (C=O) groups excluding carboxylic acids is 2. The first-order chi connectivity index (χ1) is 16.5. The minimum absolute atomic E-state index is 0.174. The Bertz CT molecular complexity index is 1380. The van der Waals surface area contributed by atoms with Crippen LogP contribution in [0.25, 0.3) is 10.8 Å². The van der Waals surface area contributed by atoms with Crippen molar-refractivity contribution in [2.75, 3.05) is 13.2 Å². The van der Waals surface area contributed by atoms with Gasteiger partial charge in [0.25, 0.3) is 0 Å². The molecule has 0 fully saturated rings. The van der Waals surface area contributed by atoms with Crippen LogP contribution in [-0.4, -0.2) is 35.6 Å². The van der Waals surface area contributed by atoms with Gasteiger partial charge in [0.15, 0.2) is 24.2 Å². The average Bonchev–Trinajstić information content (AvgIpc) is 3.15. The van der Waals surface area contributed by atoms with Crippen molar-refractivity contribution in [2.24, 2.45) is 0 Å². The summed E-state index contributed by atoms with van der Waals surface area (Å²) in [6, 6.07) is 22.5. The molecule has 1 unspecified atom stereocenters. The number of carbonyl (C=O) groups is 2. The molecule has 34 heavy (non-hydrogen) atoms. The van der Waals surface area contributed by atoms with Crippen molar-refractivity contribution in [1.29, 1.82) is 0 Å². The Kier molecular flexibility index (Phi) is 5.80. The molecule has 172 valence electrons. The van der Waals surface area contributed by atoms with Gasteiger partial charge in [0.1, 0.15) is 6.61 Å². The number of aromatic nitrogens is 1. The van der Waals surface area contributed by atoms with Gasteiger partial charge in [-0.05, 0) is 48.9 Å². The second kappa shape index (κ2) is 9.06. The van der Waals surface area contributed by atoms with Crippen LogP contribution in [0.1, 0.15) is 32.1 Å². The lowest BCUT2D eigenvalue weighted by atomic mass is 10.0. The minimum Gasteiger partial charge on any atom is -0.486 e. The third kappa shape index (κ3) is 4.15. The van der Waals surface area contributed by atoms with Crippen molar-refractivity contribution in [3.8, 4) is 11.5 Å². The van der Waals surface area contributed by atoms with E-state index in [1.165, 1.54) is 0 Å². The fraction of sp³-hybridized carbons (Fsp3) is 0.214. The Morgan fingerprint density at radius 3 is 2.53 bits per heavy atom. The zero-order chi connectivity index (χ0) is 23.7. The average molecular weight is 456 g/mol. The molecule has 0 N–H and O–H groups in total. The van der Waals surface area contributed by atoms with Crippen LogP contribution in [-0.2, 0) is 11.3 Å². The highest BCUT2D eigenvalue weighted by atomic mass is 16.6. The molecule has 0 aliphatic carbocycles. The van der Waals surface area contributed by atoms with Gasteiger partial charge >= 0.3 is 5.97 Å². The monoisotopic (exact) mass is 455 g/mol. The summed E-state index contributed by atoms with van der Waals surface area (Å²) in [6.45, 7) is 4.51. The molecule has 6 heteroatoms. The third-order valence-corrected chi connectivity index (χ3v) is 6.17. The molecule has 6 nitrogen and oxygen atoms in total. The van der Waals surface area contributed by atoms with E-state index in [0.717, 1.165) is 33.7 Å². The van der Waals surface area contributed by atoms with Crippen molar-refractivity contribution in [2.45, 2.75) is 26.5 Å². The molecule has 4 aromatic rings. The van der Waals surface area contributed by atoms with Gasteiger partial charge in [-0.1, -0.05) is 48.5 Å². The predicted octanol–water partition coefficient (Wildman–Crippen LogP) is 5.14. The van der Waals surface area contributed by atoms with E-state index in [0.29, 0.717) is 24.3 Å². The molecule has 0 saturated carbocycles. The van der Waals surface area contributed by atoms with E-state index in [1.54, 1.807) is 6.07 Å². The summed E-state index contributed by atoms with van der Waals surface area (Å²) in [6.07, 6.45) is -0.174. The highest BCUT2D eigenvalue weighted by Gasteiger charge is 2.24. The summed E-state index contributed by atoms with van der Waals surface area (Å²) in [5.41, 5.74) is 2.74. The fourth-order valence-corrected chi connectivity index (χ4v) is 4.41. The lowest BCUT2D eigenvalue weighted by molar-refractivity contribution is 0.0476. The van der Waals surface area contributed by atoms with Crippen molar-refractivity contribution in [1.82, 2.24) is 4.57 Å². The SMILES string of the molecule is Cc1cc(C(=O)COC(=O)c2cccc3ccccc23)c(C)n1CC1COc2ccccc2O1. The summed E-state index contributed by atoms with van der Waals surface area (Å²) in [5.74, 6) is 0.714. The molecule has 0 amide bonds. The molecule has 1 aliphatic rings. The van der Waals surface area contributed by atoms with Crippen molar-refractivity contribution in [3.05, 3.63) is 95.3 Å². The van der Waals surface area contributed by atoms with Gasteiger partial charge in [-0.25, -0.2) is 4.79 Å². The first-order valence-corrected chi connectivity index (χ1v) is 11.2. The Morgan fingerprint density at radius 2 is 1.68 bits per heavy atom. The van der Waals surface area contributed by atoms with E-state index in [2.05, 4.69) is 0 Å². The lowest BCUT2D eigenvalue weighted by Crippen LogP contribution is -2.33. The maximum atomic E-state index is 12.9. The molecule has 0 radical (unpaired) electrons. The molecular weight excluding hydrogens is 430 g/mol. The smallest absolute Gasteiger partial charge is 0.339 e. The van der Waals surface area contributed by atoms with Gasteiger partial charge in [-0.15, -0.1) is 0 Å². The number of hydrogen-bond donors (Lipinski definition) is 0. The number of ether oxygens (including phenoxy) is 3.